The summed E-state index contributed by atoms with van der Waals surface area (Å²) < 4.78 is 29.7. The number of carbonyl (C=O) groups excluding carboxylic acids is 1. The quantitative estimate of drug-likeness (QED) is 0.645. The van der Waals surface area contributed by atoms with Crippen LogP contribution in [0.15, 0.2) is 6.33 Å². The molecule has 0 aliphatic heterocycles. The summed E-state index contributed by atoms with van der Waals surface area (Å²) in [4.78, 5) is 18.0. The van der Waals surface area contributed by atoms with Crippen LogP contribution >= 0.6 is 23.2 Å². The van der Waals surface area contributed by atoms with Crippen molar-refractivity contribution in [1.82, 2.24) is 9.97 Å². The lowest BCUT2D eigenvalue weighted by atomic mass is 10.5. The third-order valence-electron chi connectivity index (χ3n) is 1.81. The molecule has 18 heavy (non-hydrogen) atoms. The molecule has 1 heterocycles. The first-order chi connectivity index (χ1) is 8.35. The maximum atomic E-state index is 11.6. The second-order valence-electron chi connectivity index (χ2n) is 3.08. The minimum atomic E-state index is -3.78. The molecule has 0 radical (unpaired) electrons. The molecule has 10 heteroatoms. The highest BCUT2D eigenvalue weighted by molar-refractivity contribution is 7.92. The molecular weight excluding hydrogens is 305 g/mol. The minimum absolute atomic E-state index is 0.120. The molecule has 100 valence electrons. The highest BCUT2D eigenvalue weighted by Crippen LogP contribution is 2.26. The Morgan fingerprint density at radius 1 is 1.39 bits per heavy atom. The van der Waals surface area contributed by atoms with E-state index < -0.39 is 21.7 Å². The normalized spacial score (nSPS) is 11.1. The lowest BCUT2D eigenvalue weighted by molar-refractivity contribution is -0.140. The topological polar surface area (TPSA) is 98.2 Å². The number of anilines is 1. The molecule has 0 spiro atoms. The summed E-state index contributed by atoms with van der Waals surface area (Å²) in [6, 6.07) is 0. The van der Waals surface area contributed by atoms with Crippen molar-refractivity contribution in [2.24, 2.45) is 0 Å². The molecule has 1 N–H and O–H groups in total. The average Bonchev–Trinajstić information content (AvgIpc) is 2.31. The van der Waals surface area contributed by atoms with Crippen LogP contribution in [0.25, 0.3) is 0 Å². The second-order valence-corrected chi connectivity index (χ2v) is 5.64. The Labute approximate surface area is 114 Å². The van der Waals surface area contributed by atoms with E-state index in [1.165, 1.54) is 7.11 Å². The van der Waals surface area contributed by atoms with Crippen molar-refractivity contribution in [3.05, 3.63) is 16.6 Å². The number of methoxy groups -OCH3 is 1. The molecule has 0 atom stereocenters. The SMILES string of the molecule is COC(=O)CCS(=O)(=O)Nc1c(Cl)ncnc1Cl. The van der Waals surface area contributed by atoms with Gasteiger partial charge in [-0.15, -0.1) is 0 Å². The van der Waals surface area contributed by atoms with Crippen molar-refractivity contribution in [3.63, 3.8) is 0 Å². The van der Waals surface area contributed by atoms with Crippen LogP contribution in [-0.2, 0) is 19.6 Å². The summed E-state index contributed by atoms with van der Waals surface area (Å²) in [6.45, 7) is 0. The van der Waals surface area contributed by atoms with Crippen LogP contribution in [0.1, 0.15) is 6.42 Å². The summed E-state index contributed by atoms with van der Waals surface area (Å²) in [5.41, 5.74) is -0.120. The van der Waals surface area contributed by atoms with Crippen LogP contribution in [-0.4, -0.2) is 37.2 Å². The number of nitrogens with zero attached hydrogens (tertiary/aromatic N) is 2. The fraction of sp³-hybridized carbons (Fsp3) is 0.375. The molecule has 0 bridgehead atoms. The largest absolute Gasteiger partial charge is 0.469 e. The van der Waals surface area contributed by atoms with Crippen LogP contribution in [0.5, 0.6) is 0 Å². The maximum Gasteiger partial charge on any atom is 0.306 e. The monoisotopic (exact) mass is 313 g/mol. The Morgan fingerprint density at radius 2 is 1.94 bits per heavy atom. The molecular formula is C8H9Cl2N3O4S. The molecule has 1 rings (SSSR count). The van der Waals surface area contributed by atoms with Crippen molar-refractivity contribution >= 4 is 44.9 Å². The van der Waals surface area contributed by atoms with Gasteiger partial charge in [-0.2, -0.15) is 0 Å². The predicted molar refractivity (Wildman–Crippen MR) is 66.1 cm³/mol. The maximum absolute atomic E-state index is 11.6. The lowest BCUT2D eigenvalue weighted by Gasteiger charge is -2.09. The van der Waals surface area contributed by atoms with Crippen LogP contribution in [0.4, 0.5) is 5.69 Å². The zero-order valence-corrected chi connectivity index (χ0v) is 11.5. The van der Waals surface area contributed by atoms with Gasteiger partial charge in [0.15, 0.2) is 10.3 Å². The fourth-order valence-corrected chi connectivity index (χ4v) is 2.52. The van der Waals surface area contributed by atoms with E-state index in [0.717, 1.165) is 6.33 Å². The van der Waals surface area contributed by atoms with Gasteiger partial charge in [0.25, 0.3) is 0 Å². The van der Waals surface area contributed by atoms with Crippen molar-refractivity contribution < 1.29 is 17.9 Å². The van der Waals surface area contributed by atoms with Gasteiger partial charge in [-0.3, -0.25) is 9.52 Å². The van der Waals surface area contributed by atoms with Gasteiger partial charge in [-0.25, -0.2) is 18.4 Å². The van der Waals surface area contributed by atoms with Gasteiger partial charge in [0.05, 0.1) is 19.3 Å². The van der Waals surface area contributed by atoms with Gasteiger partial charge in [-0.05, 0) is 0 Å². The second kappa shape index (κ2) is 6.17. The molecule has 0 saturated carbocycles. The van der Waals surface area contributed by atoms with E-state index in [1.54, 1.807) is 0 Å². The smallest absolute Gasteiger partial charge is 0.306 e. The zero-order chi connectivity index (χ0) is 13.8. The summed E-state index contributed by atoms with van der Waals surface area (Å²) in [5.74, 6) is -1.09. The van der Waals surface area contributed by atoms with E-state index in [1.807, 2.05) is 0 Å². The third-order valence-corrected chi connectivity index (χ3v) is 3.64. The summed E-state index contributed by atoms with van der Waals surface area (Å²) in [7, 11) is -2.62. The minimum Gasteiger partial charge on any atom is -0.469 e. The van der Waals surface area contributed by atoms with Gasteiger partial charge < -0.3 is 4.74 Å². The van der Waals surface area contributed by atoms with Gasteiger partial charge in [0, 0.05) is 0 Å². The predicted octanol–water partition coefficient (Wildman–Crippen LogP) is 1.09. The highest BCUT2D eigenvalue weighted by Gasteiger charge is 2.18. The molecule has 7 nitrogen and oxygen atoms in total. The Balaban J connectivity index is 2.80. The first-order valence-electron chi connectivity index (χ1n) is 4.59. The number of ether oxygens (including phenoxy) is 1. The number of sulfonamides is 1. The van der Waals surface area contributed by atoms with E-state index >= 15 is 0 Å². The Morgan fingerprint density at radius 3 is 2.44 bits per heavy atom. The number of hydrogen-bond acceptors (Lipinski definition) is 6. The van der Waals surface area contributed by atoms with Gasteiger partial charge in [0.1, 0.15) is 12.0 Å². The number of halogens is 2. The highest BCUT2D eigenvalue weighted by atomic mass is 35.5. The van der Waals surface area contributed by atoms with E-state index in [0.29, 0.717) is 0 Å². The summed E-state index contributed by atoms with van der Waals surface area (Å²) >= 11 is 11.3. The molecule has 0 aliphatic carbocycles. The third kappa shape index (κ3) is 4.28. The Kier molecular flexibility index (Phi) is 5.12. The van der Waals surface area contributed by atoms with Gasteiger partial charge >= 0.3 is 5.97 Å². The average molecular weight is 314 g/mol. The molecule has 1 aromatic rings. The fourth-order valence-electron chi connectivity index (χ4n) is 0.955. The molecule has 0 aliphatic rings. The Hall–Kier alpha value is -1.12. The molecule has 0 fully saturated rings. The molecule has 0 saturated heterocycles. The summed E-state index contributed by atoms with van der Waals surface area (Å²) in [6.07, 6.45) is 0.811. The van der Waals surface area contributed by atoms with Crippen LogP contribution in [0.3, 0.4) is 0 Å². The van der Waals surface area contributed by atoms with Crippen molar-refractivity contribution in [3.8, 4) is 0 Å². The Bertz CT molecular complexity index is 529. The van der Waals surface area contributed by atoms with E-state index in [2.05, 4.69) is 19.4 Å². The van der Waals surface area contributed by atoms with Gasteiger partial charge in [-0.1, -0.05) is 23.2 Å². The molecule has 0 unspecified atom stereocenters. The first-order valence-corrected chi connectivity index (χ1v) is 7.00. The summed E-state index contributed by atoms with van der Waals surface area (Å²) in [5, 5.41) is -0.256. The van der Waals surface area contributed by atoms with Crippen LogP contribution < -0.4 is 4.72 Å². The van der Waals surface area contributed by atoms with E-state index in [9.17, 15) is 13.2 Å². The van der Waals surface area contributed by atoms with Crippen molar-refractivity contribution in [2.45, 2.75) is 6.42 Å². The van der Waals surface area contributed by atoms with E-state index in [4.69, 9.17) is 23.2 Å². The molecule has 0 amide bonds. The van der Waals surface area contributed by atoms with Crippen molar-refractivity contribution in [1.29, 1.82) is 0 Å². The lowest BCUT2D eigenvalue weighted by Crippen LogP contribution is -2.20. The number of carbonyl (C=O) groups is 1. The van der Waals surface area contributed by atoms with Crippen molar-refractivity contribution in [2.75, 3.05) is 17.6 Å². The number of rotatable bonds is 5. The molecule has 1 aromatic heterocycles. The number of hydrogen-bond donors (Lipinski definition) is 1. The number of aromatic nitrogens is 2. The van der Waals surface area contributed by atoms with Gasteiger partial charge in [0.2, 0.25) is 10.0 Å². The number of esters is 1. The van der Waals surface area contributed by atoms with E-state index in [-0.39, 0.29) is 22.4 Å². The first kappa shape index (κ1) is 14.9. The zero-order valence-electron chi connectivity index (χ0n) is 9.18. The number of nitrogens with one attached hydrogen (secondary N) is 1. The molecule has 0 aromatic carbocycles. The van der Waals surface area contributed by atoms with Crippen LogP contribution in [0.2, 0.25) is 10.3 Å². The van der Waals surface area contributed by atoms with Crippen LogP contribution in [0, 0.1) is 0 Å². The standard InChI is InChI=1S/C8H9Cl2N3O4S/c1-17-5(14)2-3-18(15,16)13-6-7(9)11-4-12-8(6)10/h4,13H,2-3H2,1H3.